The Labute approximate surface area is 200 Å². The summed E-state index contributed by atoms with van der Waals surface area (Å²) in [6, 6.07) is 13.7. The predicted molar refractivity (Wildman–Crippen MR) is 131 cm³/mol. The maximum absolute atomic E-state index is 12.5. The quantitative estimate of drug-likeness (QED) is 0.582. The van der Waals surface area contributed by atoms with Crippen LogP contribution in [0.15, 0.2) is 42.5 Å². The standard InChI is InChI=1S/C24H30N6O3.CH4/c31-23(25-21-10-6-8-19-7-2-3-9-20(19)21)33-18-15-30-22(26-27-28-30)24(11-4-1-5-12-24)29-13-16-32-17-14-29;/h2-3,6-10H,1,4-5,11-18H2,(H,25,31);1H4. The van der Waals surface area contributed by atoms with Crippen LogP contribution in [0, 0.1) is 0 Å². The van der Waals surface area contributed by atoms with Gasteiger partial charge in [-0.15, -0.1) is 5.10 Å². The molecule has 1 aliphatic carbocycles. The molecule has 2 aromatic carbocycles. The summed E-state index contributed by atoms with van der Waals surface area (Å²) < 4.78 is 12.9. The van der Waals surface area contributed by atoms with Gasteiger partial charge in [0.2, 0.25) is 0 Å². The monoisotopic (exact) mass is 466 g/mol. The molecular formula is C25H34N6O3. The molecule has 2 heterocycles. The van der Waals surface area contributed by atoms with E-state index in [2.05, 4.69) is 25.7 Å². The molecule has 0 unspecified atom stereocenters. The molecule has 2 fully saturated rings. The lowest BCUT2D eigenvalue weighted by Crippen LogP contribution is -2.53. The number of carbonyl (C=O) groups is 1. The first kappa shape index (κ1) is 24.1. The van der Waals surface area contributed by atoms with Gasteiger partial charge in [-0.2, -0.15) is 0 Å². The molecule has 1 aliphatic heterocycles. The van der Waals surface area contributed by atoms with Gasteiger partial charge in [0, 0.05) is 18.5 Å². The number of aromatic nitrogens is 4. The third kappa shape index (κ3) is 4.90. The zero-order valence-corrected chi connectivity index (χ0v) is 18.8. The van der Waals surface area contributed by atoms with Gasteiger partial charge >= 0.3 is 6.09 Å². The summed E-state index contributed by atoms with van der Waals surface area (Å²) in [6.45, 7) is 3.85. The number of morpholine rings is 1. The van der Waals surface area contributed by atoms with Crippen molar-refractivity contribution >= 4 is 22.6 Å². The van der Waals surface area contributed by atoms with Crippen LogP contribution in [0.3, 0.4) is 0 Å². The predicted octanol–water partition coefficient (Wildman–Crippen LogP) is 4.20. The van der Waals surface area contributed by atoms with E-state index in [1.807, 2.05) is 47.1 Å². The van der Waals surface area contributed by atoms with Crippen LogP contribution < -0.4 is 5.32 Å². The third-order valence-corrected chi connectivity index (χ3v) is 6.81. The van der Waals surface area contributed by atoms with E-state index in [1.54, 1.807) is 0 Å². The number of benzene rings is 2. The average Bonchev–Trinajstić information content (AvgIpc) is 3.34. The molecule has 0 atom stereocenters. The molecule has 9 nitrogen and oxygen atoms in total. The average molecular weight is 467 g/mol. The number of carbonyl (C=O) groups excluding carboxylic acids is 1. The van der Waals surface area contributed by atoms with Gasteiger partial charge in [-0.1, -0.05) is 63.1 Å². The second kappa shape index (κ2) is 10.9. The van der Waals surface area contributed by atoms with Gasteiger partial charge in [0.05, 0.1) is 31.0 Å². The Hall–Kier alpha value is -3.04. The molecule has 0 bridgehead atoms. The Kier molecular flexibility index (Phi) is 7.74. The fraction of sp³-hybridized carbons (Fsp3) is 0.520. The van der Waals surface area contributed by atoms with Gasteiger partial charge in [0.1, 0.15) is 6.61 Å². The highest BCUT2D eigenvalue weighted by atomic mass is 16.5. The molecular weight excluding hydrogens is 432 g/mol. The van der Waals surface area contributed by atoms with E-state index in [0.717, 1.165) is 74.3 Å². The molecule has 0 spiro atoms. The van der Waals surface area contributed by atoms with Gasteiger partial charge in [0.15, 0.2) is 5.82 Å². The van der Waals surface area contributed by atoms with Crippen LogP contribution in [0.4, 0.5) is 10.5 Å². The van der Waals surface area contributed by atoms with E-state index in [9.17, 15) is 4.79 Å². The number of amides is 1. The molecule has 5 rings (SSSR count). The number of hydrogen-bond acceptors (Lipinski definition) is 7. The van der Waals surface area contributed by atoms with Gasteiger partial charge < -0.3 is 9.47 Å². The molecule has 2 aliphatic rings. The summed E-state index contributed by atoms with van der Waals surface area (Å²) in [5.41, 5.74) is 0.561. The number of tetrazole rings is 1. The van der Waals surface area contributed by atoms with Gasteiger partial charge in [0.25, 0.3) is 0 Å². The summed E-state index contributed by atoms with van der Waals surface area (Å²) in [7, 11) is 0. The van der Waals surface area contributed by atoms with Crippen molar-refractivity contribution in [3.05, 3.63) is 48.3 Å². The Morgan fingerprint density at radius 1 is 1.06 bits per heavy atom. The summed E-state index contributed by atoms with van der Waals surface area (Å²) in [5, 5.41) is 17.6. The zero-order chi connectivity index (χ0) is 22.5. The van der Waals surface area contributed by atoms with Crippen molar-refractivity contribution in [1.29, 1.82) is 0 Å². The van der Waals surface area contributed by atoms with E-state index >= 15 is 0 Å². The minimum atomic E-state index is -0.485. The topological polar surface area (TPSA) is 94.4 Å². The van der Waals surface area contributed by atoms with Crippen molar-refractivity contribution in [2.45, 2.75) is 51.6 Å². The minimum absolute atomic E-state index is 0. The molecule has 182 valence electrons. The van der Waals surface area contributed by atoms with Gasteiger partial charge in [-0.3, -0.25) is 10.2 Å². The molecule has 1 saturated heterocycles. The highest BCUT2D eigenvalue weighted by Gasteiger charge is 2.44. The fourth-order valence-corrected chi connectivity index (χ4v) is 5.20. The molecule has 0 radical (unpaired) electrons. The molecule has 3 aromatic rings. The van der Waals surface area contributed by atoms with Gasteiger partial charge in [-0.25, -0.2) is 9.48 Å². The van der Waals surface area contributed by atoms with Crippen molar-refractivity contribution < 1.29 is 14.3 Å². The minimum Gasteiger partial charge on any atom is -0.447 e. The first-order chi connectivity index (χ1) is 16.3. The van der Waals surface area contributed by atoms with Gasteiger partial charge in [-0.05, 0) is 34.7 Å². The van der Waals surface area contributed by atoms with E-state index in [0.29, 0.717) is 6.54 Å². The lowest BCUT2D eigenvalue weighted by Gasteiger charge is -2.46. The van der Waals surface area contributed by atoms with Crippen molar-refractivity contribution in [3.8, 4) is 0 Å². The lowest BCUT2D eigenvalue weighted by molar-refractivity contribution is -0.0463. The fourth-order valence-electron chi connectivity index (χ4n) is 5.20. The first-order valence-electron chi connectivity index (χ1n) is 11.8. The Bertz CT molecular complexity index is 1080. The van der Waals surface area contributed by atoms with Crippen molar-refractivity contribution in [3.63, 3.8) is 0 Å². The first-order valence-corrected chi connectivity index (χ1v) is 11.8. The third-order valence-electron chi connectivity index (χ3n) is 6.81. The SMILES string of the molecule is C.O=C(Nc1cccc2ccccc12)OCCn1nnnc1C1(N2CCOCC2)CCCCC1. The summed E-state index contributed by atoms with van der Waals surface area (Å²) in [4.78, 5) is 15.0. The molecule has 1 amide bonds. The van der Waals surface area contributed by atoms with Crippen LogP contribution >= 0.6 is 0 Å². The second-order valence-corrected chi connectivity index (χ2v) is 8.70. The zero-order valence-electron chi connectivity index (χ0n) is 18.8. The summed E-state index contributed by atoms with van der Waals surface area (Å²) in [5.74, 6) is 0.877. The van der Waals surface area contributed by atoms with Crippen molar-refractivity contribution in [2.24, 2.45) is 0 Å². The number of anilines is 1. The molecule has 9 heteroatoms. The molecule has 1 aromatic heterocycles. The van der Waals surface area contributed by atoms with Crippen molar-refractivity contribution in [2.75, 3.05) is 38.2 Å². The number of hydrogen-bond donors (Lipinski definition) is 1. The number of fused-ring (bicyclic) bond motifs is 1. The summed E-state index contributed by atoms with van der Waals surface area (Å²) >= 11 is 0. The smallest absolute Gasteiger partial charge is 0.411 e. The van der Waals surface area contributed by atoms with Crippen LogP contribution in [-0.4, -0.2) is 64.1 Å². The van der Waals surface area contributed by atoms with Crippen LogP contribution in [0.5, 0.6) is 0 Å². The molecule has 1 N–H and O–H groups in total. The second-order valence-electron chi connectivity index (χ2n) is 8.70. The van der Waals surface area contributed by atoms with Crippen LogP contribution in [0.25, 0.3) is 10.8 Å². The normalized spacial score (nSPS) is 18.2. The van der Waals surface area contributed by atoms with E-state index < -0.39 is 6.09 Å². The maximum Gasteiger partial charge on any atom is 0.411 e. The maximum atomic E-state index is 12.5. The Morgan fingerprint density at radius 3 is 2.65 bits per heavy atom. The Balaban J connectivity index is 0.00000274. The number of rotatable bonds is 6. The van der Waals surface area contributed by atoms with E-state index in [4.69, 9.17) is 9.47 Å². The number of ether oxygens (including phenoxy) is 2. The highest BCUT2D eigenvalue weighted by Crippen LogP contribution is 2.41. The Morgan fingerprint density at radius 2 is 1.82 bits per heavy atom. The van der Waals surface area contributed by atoms with Crippen LogP contribution in [0.1, 0.15) is 45.4 Å². The highest BCUT2D eigenvalue weighted by molar-refractivity contribution is 6.00. The van der Waals surface area contributed by atoms with E-state index in [-0.39, 0.29) is 19.6 Å². The number of nitrogens with zero attached hydrogens (tertiary/aromatic N) is 5. The van der Waals surface area contributed by atoms with Crippen LogP contribution in [-0.2, 0) is 21.6 Å². The van der Waals surface area contributed by atoms with Crippen LogP contribution in [0.2, 0.25) is 0 Å². The summed E-state index contributed by atoms with van der Waals surface area (Å²) in [6.07, 6.45) is 5.15. The number of nitrogens with one attached hydrogen (secondary N) is 1. The molecule has 1 saturated carbocycles. The largest absolute Gasteiger partial charge is 0.447 e. The van der Waals surface area contributed by atoms with Crippen molar-refractivity contribution in [1.82, 2.24) is 25.1 Å². The lowest BCUT2D eigenvalue weighted by atomic mass is 9.79. The van der Waals surface area contributed by atoms with E-state index in [1.165, 1.54) is 6.42 Å². The molecule has 34 heavy (non-hydrogen) atoms.